The van der Waals surface area contributed by atoms with Crippen molar-refractivity contribution in [3.05, 3.63) is 48.5 Å². The summed E-state index contributed by atoms with van der Waals surface area (Å²) in [6.45, 7) is 2.55. The molecule has 21 heavy (non-hydrogen) atoms. The van der Waals surface area contributed by atoms with E-state index in [0.717, 1.165) is 16.3 Å². The fourth-order valence-corrected chi connectivity index (χ4v) is 2.39. The van der Waals surface area contributed by atoms with E-state index in [1.807, 2.05) is 31.2 Å². The van der Waals surface area contributed by atoms with E-state index in [9.17, 15) is 9.90 Å². The van der Waals surface area contributed by atoms with Gasteiger partial charge in [-0.25, -0.2) is 0 Å². The van der Waals surface area contributed by atoms with E-state index in [2.05, 4.69) is 5.32 Å². The summed E-state index contributed by atoms with van der Waals surface area (Å²) in [4.78, 5) is 12.8. The van der Waals surface area contributed by atoms with Crippen molar-refractivity contribution < 1.29 is 14.6 Å². The van der Waals surface area contributed by atoms with Crippen molar-refractivity contribution in [1.29, 1.82) is 0 Å². The second-order valence-corrected chi connectivity index (χ2v) is 5.34. The fraction of sp³-hybridized carbons (Fsp3) is 0.188. The number of amides is 1. The third-order valence-corrected chi connectivity index (χ3v) is 3.67. The van der Waals surface area contributed by atoms with Crippen LogP contribution in [-0.4, -0.2) is 23.4 Å². The SMILES string of the molecule is CCOc1ccc(NC(=O)CSc2ccc(O)cc2)cc1. The Morgan fingerprint density at radius 3 is 2.43 bits per heavy atom. The van der Waals surface area contributed by atoms with Gasteiger partial charge in [-0.2, -0.15) is 0 Å². The van der Waals surface area contributed by atoms with Crippen LogP contribution in [0.4, 0.5) is 5.69 Å². The molecule has 0 atom stereocenters. The molecule has 2 aromatic carbocycles. The van der Waals surface area contributed by atoms with Crippen molar-refractivity contribution in [2.24, 2.45) is 0 Å². The molecule has 0 saturated heterocycles. The average Bonchev–Trinajstić information content (AvgIpc) is 2.49. The largest absolute Gasteiger partial charge is 0.508 e. The minimum Gasteiger partial charge on any atom is -0.508 e. The number of rotatable bonds is 6. The Balaban J connectivity index is 1.82. The lowest BCUT2D eigenvalue weighted by Gasteiger charge is -2.07. The van der Waals surface area contributed by atoms with Crippen LogP contribution >= 0.6 is 11.8 Å². The lowest BCUT2D eigenvalue weighted by molar-refractivity contribution is -0.113. The summed E-state index contributed by atoms with van der Waals surface area (Å²) in [5, 5.41) is 12.0. The van der Waals surface area contributed by atoms with Crippen LogP contribution in [0.15, 0.2) is 53.4 Å². The normalized spacial score (nSPS) is 10.1. The molecule has 1 amide bonds. The van der Waals surface area contributed by atoms with Crippen molar-refractivity contribution in [3.63, 3.8) is 0 Å². The van der Waals surface area contributed by atoms with E-state index in [1.165, 1.54) is 11.8 Å². The summed E-state index contributed by atoms with van der Waals surface area (Å²) in [5.74, 6) is 1.25. The van der Waals surface area contributed by atoms with Gasteiger partial charge in [-0.3, -0.25) is 4.79 Å². The maximum absolute atomic E-state index is 11.9. The molecule has 0 aliphatic heterocycles. The molecule has 2 aromatic rings. The Bertz CT molecular complexity index is 581. The van der Waals surface area contributed by atoms with Gasteiger partial charge in [0.2, 0.25) is 5.91 Å². The number of aromatic hydroxyl groups is 1. The van der Waals surface area contributed by atoms with Crippen molar-refractivity contribution in [3.8, 4) is 11.5 Å². The summed E-state index contributed by atoms with van der Waals surface area (Å²) in [6.07, 6.45) is 0. The molecule has 4 nitrogen and oxygen atoms in total. The third-order valence-electron chi connectivity index (χ3n) is 2.66. The Morgan fingerprint density at radius 1 is 1.14 bits per heavy atom. The number of thioether (sulfide) groups is 1. The topological polar surface area (TPSA) is 58.6 Å². The molecule has 0 unspecified atom stereocenters. The number of phenolic OH excluding ortho intramolecular Hbond substituents is 1. The molecule has 110 valence electrons. The van der Waals surface area contributed by atoms with Gasteiger partial charge in [0, 0.05) is 10.6 Å². The summed E-state index contributed by atoms with van der Waals surface area (Å²) in [5.41, 5.74) is 0.745. The fourth-order valence-electron chi connectivity index (χ4n) is 1.69. The molecule has 0 fully saturated rings. The van der Waals surface area contributed by atoms with Crippen LogP contribution in [0.1, 0.15) is 6.92 Å². The first-order chi connectivity index (χ1) is 10.2. The van der Waals surface area contributed by atoms with Crippen LogP contribution in [0.25, 0.3) is 0 Å². The smallest absolute Gasteiger partial charge is 0.234 e. The maximum atomic E-state index is 11.9. The van der Waals surface area contributed by atoms with Gasteiger partial charge in [0.05, 0.1) is 12.4 Å². The molecule has 0 heterocycles. The van der Waals surface area contributed by atoms with Crippen LogP contribution in [0.2, 0.25) is 0 Å². The Labute approximate surface area is 128 Å². The molecule has 0 spiro atoms. The number of carbonyl (C=O) groups excluding carboxylic acids is 1. The molecule has 2 rings (SSSR count). The highest BCUT2D eigenvalue weighted by Crippen LogP contribution is 2.21. The lowest BCUT2D eigenvalue weighted by atomic mass is 10.3. The van der Waals surface area contributed by atoms with Gasteiger partial charge in [0.1, 0.15) is 11.5 Å². The number of hydrogen-bond donors (Lipinski definition) is 2. The molecular formula is C16H17NO3S. The zero-order chi connectivity index (χ0) is 15.1. The van der Waals surface area contributed by atoms with Gasteiger partial charge in [-0.1, -0.05) is 0 Å². The van der Waals surface area contributed by atoms with E-state index < -0.39 is 0 Å². The molecule has 5 heteroatoms. The first kappa shape index (κ1) is 15.3. The van der Waals surface area contributed by atoms with Crippen LogP contribution in [-0.2, 0) is 4.79 Å². The molecule has 0 bridgehead atoms. The molecule has 0 radical (unpaired) electrons. The van der Waals surface area contributed by atoms with Crippen molar-refractivity contribution in [1.82, 2.24) is 0 Å². The van der Waals surface area contributed by atoms with Gasteiger partial charge in [-0.05, 0) is 55.5 Å². The Kier molecular flexibility index (Phi) is 5.51. The molecule has 2 N–H and O–H groups in total. The quantitative estimate of drug-likeness (QED) is 0.802. The molecule has 0 aliphatic carbocycles. The zero-order valence-corrected chi connectivity index (χ0v) is 12.5. The van der Waals surface area contributed by atoms with E-state index in [0.29, 0.717) is 12.4 Å². The molecular weight excluding hydrogens is 286 g/mol. The first-order valence-corrected chi connectivity index (χ1v) is 7.60. The first-order valence-electron chi connectivity index (χ1n) is 6.62. The van der Waals surface area contributed by atoms with Gasteiger partial charge in [-0.15, -0.1) is 11.8 Å². The molecule has 0 aromatic heterocycles. The van der Waals surface area contributed by atoms with Gasteiger partial charge in [0.25, 0.3) is 0 Å². The van der Waals surface area contributed by atoms with E-state index in [1.54, 1.807) is 24.3 Å². The minimum atomic E-state index is -0.0720. The number of anilines is 1. The number of phenols is 1. The highest BCUT2D eigenvalue weighted by molar-refractivity contribution is 8.00. The summed E-state index contributed by atoms with van der Waals surface area (Å²) in [6, 6.07) is 14.0. The Morgan fingerprint density at radius 2 is 1.81 bits per heavy atom. The van der Waals surface area contributed by atoms with E-state index in [-0.39, 0.29) is 11.7 Å². The van der Waals surface area contributed by atoms with Gasteiger partial charge in [0.15, 0.2) is 0 Å². The van der Waals surface area contributed by atoms with Crippen LogP contribution in [0, 0.1) is 0 Å². The summed E-state index contributed by atoms with van der Waals surface area (Å²) >= 11 is 1.42. The maximum Gasteiger partial charge on any atom is 0.234 e. The second-order valence-electron chi connectivity index (χ2n) is 4.29. The third kappa shape index (κ3) is 5.04. The van der Waals surface area contributed by atoms with Crippen LogP contribution in [0.3, 0.4) is 0 Å². The van der Waals surface area contributed by atoms with Gasteiger partial charge < -0.3 is 15.2 Å². The van der Waals surface area contributed by atoms with E-state index in [4.69, 9.17) is 4.74 Å². The van der Waals surface area contributed by atoms with Crippen LogP contribution in [0.5, 0.6) is 11.5 Å². The highest BCUT2D eigenvalue weighted by Gasteiger charge is 2.04. The van der Waals surface area contributed by atoms with Crippen LogP contribution < -0.4 is 10.1 Å². The number of benzene rings is 2. The second kappa shape index (κ2) is 7.59. The number of hydrogen-bond acceptors (Lipinski definition) is 4. The summed E-state index contributed by atoms with van der Waals surface area (Å²) in [7, 11) is 0. The van der Waals surface area contributed by atoms with Crippen molar-refractivity contribution in [2.45, 2.75) is 11.8 Å². The lowest BCUT2D eigenvalue weighted by Crippen LogP contribution is -2.13. The molecule has 0 aliphatic rings. The van der Waals surface area contributed by atoms with Crippen molar-refractivity contribution in [2.75, 3.05) is 17.7 Å². The zero-order valence-electron chi connectivity index (χ0n) is 11.7. The highest BCUT2D eigenvalue weighted by atomic mass is 32.2. The summed E-state index contributed by atoms with van der Waals surface area (Å²) < 4.78 is 5.34. The van der Waals surface area contributed by atoms with Gasteiger partial charge >= 0.3 is 0 Å². The van der Waals surface area contributed by atoms with E-state index >= 15 is 0 Å². The minimum absolute atomic E-state index is 0.0720. The number of nitrogens with one attached hydrogen (secondary N) is 1. The number of carbonyl (C=O) groups is 1. The number of ether oxygens (including phenoxy) is 1. The average molecular weight is 303 g/mol. The predicted molar refractivity (Wildman–Crippen MR) is 85.1 cm³/mol. The monoisotopic (exact) mass is 303 g/mol. The predicted octanol–water partition coefficient (Wildman–Crippen LogP) is 3.52. The standard InChI is InChI=1S/C16H17NO3S/c1-2-20-14-7-3-12(4-8-14)17-16(19)11-21-15-9-5-13(18)6-10-15/h3-10,18H,2,11H2,1H3,(H,17,19). The molecule has 0 saturated carbocycles. The Hall–Kier alpha value is -2.14. The van der Waals surface area contributed by atoms with Crippen molar-refractivity contribution >= 4 is 23.4 Å².